The van der Waals surface area contributed by atoms with E-state index in [0.29, 0.717) is 12.0 Å². The zero-order valence-corrected chi connectivity index (χ0v) is 8.57. The molecule has 0 bridgehead atoms. The second-order valence-electron chi connectivity index (χ2n) is 4.09. The maximum absolute atomic E-state index is 5.84. The molecule has 2 atom stereocenters. The second-order valence-corrected chi connectivity index (χ2v) is 4.09. The van der Waals surface area contributed by atoms with Gasteiger partial charge in [-0.3, -0.25) is 0 Å². The summed E-state index contributed by atoms with van der Waals surface area (Å²) in [5.41, 5.74) is 5.84. The average Bonchev–Trinajstić information content (AvgIpc) is 2.76. The van der Waals surface area contributed by atoms with Crippen molar-refractivity contribution >= 4 is 0 Å². The minimum absolute atomic E-state index is 0.383. The molecule has 0 saturated heterocycles. The van der Waals surface area contributed by atoms with Crippen LogP contribution in [0.5, 0.6) is 0 Å². The molecule has 4 nitrogen and oxygen atoms in total. The van der Waals surface area contributed by atoms with Crippen LogP contribution < -0.4 is 5.73 Å². The van der Waals surface area contributed by atoms with E-state index in [1.165, 1.54) is 6.42 Å². The monoisotopic (exact) mass is 195 g/mol. The molecule has 4 heteroatoms. The van der Waals surface area contributed by atoms with Gasteiger partial charge < -0.3 is 10.2 Å². The van der Waals surface area contributed by atoms with Crippen LogP contribution in [0.4, 0.5) is 0 Å². The Labute approximate surface area is 83.9 Å². The lowest BCUT2D eigenvalue weighted by Gasteiger charge is -2.04. The highest BCUT2D eigenvalue weighted by atomic mass is 16.4. The van der Waals surface area contributed by atoms with Gasteiger partial charge in [-0.2, -0.15) is 0 Å². The molecule has 1 fully saturated rings. The van der Waals surface area contributed by atoms with Gasteiger partial charge in [0, 0.05) is 18.9 Å². The van der Waals surface area contributed by atoms with Crippen molar-refractivity contribution < 1.29 is 4.42 Å². The molecule has 1 aromatic rings. The first-order valence-electron chi connectivity index (χ1n) is 5.34. The fourth-order valence-corrected chi connectivity index (χ4v) is 2.06. The fourth-order valence-electron chi connectivity index (χ4n) is 2.06. The molecule has 0 unspecified atom stereocenters. The van der Waals surface area contributed by atoms with Crippen molar-refractivity contribution in [3.05, 3.63) is 11.8 Å². The summed E-state index contributed by atoms with van der Waals surface area (Å²) in [7, 11) is 0. The maximum Gasteiger partial charge on any atom is 0.216 e. The standard InChI is InChI=1S/C10H17N3O/c1-2-9-12-13-10(14-9)6-7-3-4-8(11)5-7/h7-8H,2-6,11H2,1H3/t7-,8+/m1/s1. The molecule has 0 radical (unpaired) electrons. The van der Waals surface area contributed by atoms with Crippen molar-refractivity contribution in [2.24, 2.45) is 11.7 Å². The summed E-state index contributed by atoms with van der Waals surface area (Å²) in [5, 5.41) is 7.97. The third-order valence-electron chi connectivity index (χ3n) is 2.86. The summed E-state index contributed by atoms with van der Waals surface area (Å²) in [6, 6.07) is 0.383. The van der Waals surface area contributed by atoms with Crippen molar-refractivity contribution in [3.8, 4) is 0 Å². The summed E-state index contributed by atoms with van der Waals surface area (Å²) in [4.78, 5) is 0. The highest BCUT2D eigenvalue weighted by Crippen LogP contribution is 2.26. The van der Waals surface area contributed by atoms with Crippen molar-refractivity contribution in [1.29, 1.82) is 0 Å². The van der Waals surface area contributed by atoms with Crippen LogP contribution in [-0.2, 0) is 12.8 Å². The Bertz CT molecular complexity index is 297. The third-order valence-corrected chi connectivity index (χ3v) is 2.86. The van der Waals surface area contributed by atoms with E-state index in [0.717, 1.165) is 37.5 Å². The Balaban J connectivity index is 1.90. The molecule has 1 heterocycles. The van der Waals surface area contributed by atoms with Crippen LogP contribution in [0.3, 0.4) is 0 Å². The summed E-state index contributed by atoms with van der Waals surface area (Å²) < 4.78 is 5.47. The van der Waals surface area contributed by atoms with E-state index in [-0.39, 0.29) is 0 Å². The highest BCUT2D eigenvalue weighted by molar-refractivity contribution is 4.87. The molecule has 1 saturated carbocycles. The van der Waals surface area contributed by atoms with E-state index in [1.54, 1.807) is 0 Å². The van der Waals surface area contributed by atoms with Gasteiger partial charge in [-0.15, -0.1) is 10.2 Å². The summed E-state index contributed by atoms with van der Waals surface area (Å²) >= 11 is 0. The van der Waals surface area contributed by atoms with E-state index < -0.39 is 0 Å². The molecule has 0 amide bonds. The Morgan fingerprint density at radius 2 is 2.14 bits per heavy atom. The summed E-state index contributed by atoms with van der Waals surface area (Å²) in [5.74, 6) is 2.17. The van der Waals surface area contributed by atoms with Crippen LogP contribution in [0.2, 0.25) is 0 Å². The van der Waals surface area contributed by atoms with Crippen LogP contribution in [0.25, 0.3) is 0 Å². The summed E-state index contributed by atoms with van der Waals surface area (Å²) in [6.07, 6.45) is 5.16. The normalized spacial score (nSPS) is 27.0. The van der Waals surface area contributed by atoms with E-state index >= 15 is 0 Å². The van der Waals surface area contributed by atoms with Gasteiger partial charge in [0.15, 0.2) is 0 Å². The Morgan fingerprint density at radius 3 is 2.71 bits per heavy atom. The van der Waals surface area contributed by atoms with Crippen molar-refractivity contribution in [1.82, 2.24) is 10.2 Å². The summed E-state index contributed by atoms with van der Waals surface area (Å²) in [6.45, 7) is 2.02. The molecule has 2 rings (SSSR count). The number of nitrogens with zero attached hydrogens (tertiary/aromatic N) is 2. The zero-order chi connectivity index (χ0) is 9.97. The first kappa shape index (κ1) is 9.65. The minimum Gasteiger partial charge on any atom is -0.425 e. The van der Waals surface area contributed by atoms with Crippen LogP contribution in [0.1, 0.15) is 38.0 Å². The number of aromatic nitrogens is 2. The quantitative estimate of drug-likeness (QED) is 0.789. The topological polar surface area (TPSA) is 64.9 Å². The molecule has 78 valence electrons. The van der Waals surface area contributed by atoms with Gasteiger partial charge in [0.25, 0.3) is 0 Å². The number of nitrogens with two attached hydrogens (primary N) is 1. The largest absolute Gasteiger partial charge is 0.425 e. The number of hydrogen-bond acceptors (Lipinski definition) is 4. The molecule has 1 aliphatic carbocycles. The molecular formula is C10H17N3O. The minimum atomic E-state index is 0.383. The smallest absolute Gasteiger partial charge is 0.216 e. The van der Waals surface area contributed by atoms with E-state index in [4.69, 9.17) is 10.2 Å². The Morgan fingerprint density at radius 1 is 1.36 bits per heavy atom. The van der Waals surface area contributed by atoms with Gasteiger partial charge >= 0.3 is 0 Å². The third kappa shape index (κ3) is 2.12. The number of hydrogen-bond donors (Lipinski definition) is 1. The van der Waals surface area contributed by atoms with Gasteiger partial charge in [-0.1, -0.05) is 6.92 Å². The predicted octanol–water partition coefficient (Wildman–Crippen LogP) is 1.30. The van der Waals surface area contributed by atoms with Gasteiger partial charge in [0.05, 0.1) is 0 Å². The molecule has 14 heavy (non-hydrogen) atoms. The molecule has 0 aromatic carbocycles. The molecule has 1 aromatic heterocycles. The average molecular weight is 195 g/mol. The van der Waals surface area contributed by atoms with Gasteiger partial charge in [-0.25, -0.2) is 0 Å². The first-order valence-corrected chi connectivity index (χ1v) is 5.34. The van der Waals surface area contributed by atoms with Gasteiger partial charge in [0.1, 0.15) is 0 Å². The Hall–Kier alpha value is -0.900. The zero-order valence-electron chi connectivity index (χ0n) is 8.57. The van der Waals surface area contributed by atoms with Gasteiger partial charge in [-0.05, 0) is 25.2 Å². The van der Waals surface area contributed by atoms with Crippen LogP contribution in [-0.4, -0.2) is 16.2 Å². The Kier molecular flexibility index (Phi) is 2.82. The lowest BCUT2D eigenvalue weighted by Crippen LogP contribution is -2.15. The molecule has 1 aliphatic rings. The number of rotatable bonds is 3. The highest BCUT2D eigenvalue weighted by Gasteiger charge is 2.23. The predicted molar refractivity (Wildman–Crippen MR) is 52.7 cm³/mol. The molecule has 0 spiro atoms. The van der Waals surface area contributed by atoms with Gasteiger partial charge in [0.2, 0.25) is 11.8 Å². The van der Waals surface area contributed by atoms with E-state index in [1.807, 2.05) is 6.92 Å². The van der Waals surface area contributed by atoms with Crippen molar-refractivity contribution in [3.63, 3.8) is 0 Å². The van der Waals surface area contributed by atoms with E-state index in [9.17, 15) is 0 Å². The van der Waals surface area contributed by atoms with Crippen LogP contribution >= 0.6 is 0 Å². The van der Waals surface area contributed by atoms with Crippen molar-refractivity contribution in [2.45, 2.75) is 45.1 Å². The number of aryl methyl sites for hydroxylation is 1. The lowest BCUT2D eigenvalue weighted by atomic mass is 10.0. The molecular weight excluding hydrogens is 178 g/mol. The second kappa shape index (κ2) is 4.09. The van der Waals surface area contributed by atoms with Crippen LogP contribution in [0, 0.1) is 5.92 Å². The molecule has 2 N–H and O–H groups in total. The maximum atomic E-state index is 5.84. The van der Waals surface area contributed by atoms with Crippen molar-refractivity contribution in [2.75, 3.05) is 0 Å². The lowest BCUT2D eigenvalue weighted by molar-refractivity contribution is 0.408. The SMILES string of the molecule is CCc1nnc(C[C@@H]2CC[C@H](N)C2)o1. The van der Waals surface area contributed by atoms with E-state index in [2.05, 4.69) is 10.2 Å². The molecule has 0 aliphatic heterocycles. The first-order chi connectivity index (χ1) is 6.78. The van der Waals surface area contributed by atoms with Crippen LogP contribution in [0.15, 0.2) is 4.42 Å². The fraction of sp³-hybridized carbons (Fsp3) is 0.800.